The summed E-state index contributed by atoms with van der Waals surface area (Å²) in [6.07, 6.45) is 3.80. The summed E-state index contributed by atoms with van der Waals surface area (Å²) >= 11 is 1.31. The molecule has 9 heteroatoms. The van der Waals surface area contributed by atoms with Crippen molar-refractivity contribution in [1.82, 2.24) is 9.88 Å². The Balaban J connectivity index is 1.97. The lowest BCUT2D eigenvalue weighted by atomic mass is 10.2. The van der Waals surface area contributed by atoms with Crippen LogP contribution in [0.1, 0.15) is 23.7 Å². The first-order valence-electron chi connectivity index (χ1n) is 7.54. The predicted molar refractivity (Wildman–Crippen MR) is 90.7 cm³/mol. The van der Waals surface area contributed by atoms with Crippen molar-refractivity contribution in [3.8, 4) is 0 Å². The van der Waals surface area contributed by atoms with Gasteiger partial charge in [-0.1, -0.05) is 0 Å². The van der Waals surface area contributed by atoms with Crippen LogP contribution in [-0.4, -0.2) is 67.1 Å². The Bertz CT molecular complexity index is 720. The molecular weight excluding hydrogens is 352 g/mol. The predicted octanol–water partition coefficient (Wildman–Crippen LogP) is 0.996. The zero-order valence-corrected chi connectivity index (χ0v) is 15.2. The van der Waals surface area contributed by atoms with Gasteiger partial charge >= 0.3 is 5.97 Å². The van der Waals surface area contributed by atoms with Gasteiger partial charge in [0.15, 0.2) is 16.4 Å². The van der Waals surface area contributed by atoms with Crippen LogP contribution in [0, 0.1) is 0 Å². The van der Waals surface area contributed by atoms with E-state index in [1.165, 1.54) is 16.7 Å². The Labute approximate surface area is 145 Å². The fourth-order valence-electron chi connectivity index (χ4n) is 2.66. The van der Waals surface area contributed by atoms with Gasteiger partial charge in [0, 0.05) is 18.8 Å². The molecule has 1 aliphatic rings. The van der Waals surface area contributed by atoms with Gasteiger partial charge in [0.05, 0.1) is 17.1 Å². The second-order valence-electron chi connectivity index (χ2n) is 5.37. The summed E-state index contributed by atoms with van der Waals surface area (Å²) in [5, 5.41) is 0.532. The number of likely N-dealkylation sites (N-methyl/N-ethyl adjacent to an activating group) is 1. The van der Waals surface area contributed by atoms with Gasteiger partial charge in [-0.05, 0) is 31.7 Å². The molecule has 1 aromatic rings. The molecule has 0 radical (unpaired) electrons. The molecule has 0 aromatic carbocycles. The number of thioether (sulfide) groups is 1. The molecule has 132 valence electrons. The molecule has 0 saturated carbocycles. The lowest BCUT2D eigenvalue weighted by Gasteiger charge is -2.26. The number of amides is 1. The van der Waals surface area contributed by atoms with Gasteiger partial charge in [-0.15, -0.1) is 11.8 Å². The van der Waals surface area contributed by atoms with Gasteiger partial charge in [-0.2, -0.15) is 0 Å². The van der Waals surface area contributed by atoms with Crippen LogP contribution in [0.4, 0.5) is 0 Å². The van der Waals surface area contributed by atoms with E-state index >= 15 is 0 Å². The summed E-state index contributed by atoms with van der Waals surface area (Å²) in [7, 11) is -3.08. The molecule has 2 rings (SSSR count). The van der Waals surface area contributed by atoms with Crippen LogP contribution < -0.4 is 0 Å². The Morgan fingerprint density at radius 1 is 1.46 bits per heavy atom. The number of sulfone groups is 1. The third-order valence-electron chi connectivity index (χ3n) is 3.82. The first kappa shape index (κ1) is 18.7. The minimum atomic E-state index is -3.08. The average Bonchev–Trinajstić information content (AvgIpc) is 2.92. The lowest BCUT2D eigenvalue weighted by Crippen LogP contribution is -2.43. The summed E-state index contributed by atoms with van der Waals surface area (Å²) in [6.45, 7) is 1.74. The Hall–Kier alpha value is -1.61. The van der Waals surface area contributed by atoms with E-state index in [0.717, 1.165) is 0 Å². The first-order valence-corrected chi connectivity index (χ1v) is 10.6. The quantitative estimate of drug-likeness (QED) is 0.543. The maximum atomic E-state index is 12.3. The van der Waals surface area contributed by atoms with E-state index in [4.69, 9.17) is 4.74 Å². The molecule has 0 unspecified atom stereocenters. The average molecular weight is 372 g/mol. The lowest BCUT2D eigenvalue weighted by molar-refractivity contribution is -0.136. The molecule has 7 nitrogen and oxygen atoms in total. The number of pyridine rings is 1. The molecular formula is C15H20N2O5S2. The number of rotatable bonds is 6. The van der Waals surface area contributed by atoms with Crippen LogP contribution in [0.2, 0.25) is 0 Å². The highest BCUT2D eigenvalue weighted by molar-refractivity contribution is 7.98. The highest BCUT2D eigenvalue weighted by Crippen LogP contribution is 2.19. The van der Waals surface area contributed by atoms with Gasteiger partial charge in [0.25, 0.3) is 5.91 Å². The third kappa shape index (κ3) is 4.47. The number of ether oxygens (including phenoxy) is 1. The molecule has 1 fully saturated rings. The SMILES string of the molecule is CCN(C(=O)COC(=O)c1cccnc1SC)[C@@H]1CCS(=O)(=O)C1. The van der Waals surface area contributed by atoms with Crippen molar-refractivity contribution < 1.29 is 22.7 Å². The van der Waals surface area contributed by atoms with E-state index in [-0.39, 0.29) is 23.5 Å². The fraction of sp³-hybridized carbons (Fsp3) is 0.533. The van der Waals surface area contributed by atoms with Crippen LogP contribution in [0.5, 0.6) is 0 Å². The molecule has 24 heavy (non-hydrogen) atoms. The standard InChI is InChI=1S/C15H20N2O5S2/c1-3-17(11-6-8-24(20,21)10-11)13(18)9-22-15(19)12-5-4-7-16-14(12)23-2/h4-5,7,11H,3,6,8-10H2,1-2H3/t11-/m1/s1. The Morgan fingerprint density at radius 3 is 2.79 bits per heavy atom. The molecule has 2 heterocycles. The first-order chi connectivity index (χ1) is 11.4. The van der Waals surface area contributed by atoms with Crippen molar-refractivity contribution in [3.63, 3.8) is 0 Å². The molecule has 0 spiro atoms. The highest BCUT2D eigenvalue weighted by Gasteiger charge is 2.34. The van der Waals surface area contributed by atoms with Gasteiger partial charge < -0.3 is 9.64 Å². The zero-order valence-electron chi connectivity index (χ0n) is 13.6. The fourth-order valence-corrected chi connectivity index (χ4v) is 4.92. The summed E-state index contributed by atoms with van der Waals surface area (Å²) in [4.78, 5) is 30.0. The number of esters is 1. The molecule has 1 amide bonds. The smallest absolute Gasteiger partial charge is 0.341 e. The van der Waals surface area contributed by atoms with Crippen molar-refractivity contribution in [1.29, 1.82) is 0 Å². The summed E-state index contributed by atoms with van der Waals surface area (Å²) in [5.41, 5.74) is 0.310. The minimum absolute atomic E-state index is 0.0280. The second kappa shape index (κ2) is 7.98. The largest absolute Gasteiger partial charge is 0.452 e. The van der Waals surface area contributed by atoms with Crippen LogP contribution in [0.3, 0.4) is 0 Å². The normalized spacial score (nSPS) is 19.0. The summed E-state index contributed by atoms with van der Waals surface area (Å²) < 4.78 is 28.2. The van der Waals surface area contributed by atoms with E-state index < -0.39 is 22.4 Å². The topological polar surface area (TPSA) is 93.6 Å². The zero-order chi connectivity index (χ0) is 17.7. The van der Waals surface area contributed by atoms with Gasteiger partial charge in [-0.3, -0.25) is 4.79 Å². The van der Waals surface area contributed by atoms with E-state index in [1.54, 1.807) is 31.5 Å². The van der Waals surface area contributed by atoms with Gasteiger partial charge in [-0.25, -0.2) is 18.2 Å². The van der Waals surface area contributed by atoms with E-state index in [9.17, 15) is 18.0 Å². The number of carbonyl (C=O) groups excluding carboxylic acids is 2. The van der Waals surface area contributed by atoms with Gasteiger partial charge in [0.2, 0.25) is 0 Å². The molecule has 1 saturated heterocycles. The summed E-state index contributed by atoms with van der Waals surface area (Å²) in [6, 6.07) is 2.87. The molecule has 1 aliphatic heterocycles. The van der Waals surface area contributed by atoms with Crippen molar-refractivity contribution in [3.05, 3.63) is 23.9 Å². The highest BCUT2D eigenvalue weighted by atomic mass is 32.2. The van der Waals surface area contributed by atoms with Crippen LogP contribution in [-0.2, 0) is 19.4 Å². The summed E-state index contributed by atoms with van der Waals surface area (Å²) in [5.74, 6) is -0.938. The number of hydrogen-bond donors (Lipinski definition) is 0. The maximum absolute atomic E-state index is 12.3. The van der Waals surface area contributed by atoms with Crippen LogP contribution in [0.15, 0.2) is 23.4 Å². The van der Waals surface area contributed by atoms with Crippen molar-refractivity contribution in [2.24, 2.45) is 0 Å². The maximum Gasteiger partial charge on any atom is 0.341 e. The Morgan fingerprint density at radius 2 is 2.21 bits per heavy atom. The number of aromatic nitrogens is 1. The minimum Gasteiger partial charge on any atom is -0.452 e. The van der Waals surface area contributed by atoms with E-state index in [1.807, 2.05) is 0 Å². The second-order valence-corrected chi connectivity index (χ2v) is 8.40. The molecule has 1 aromatic heterocycles. The van der Waals surface area contributed by atoms with E-state index in [0.29, 0.717) is 23.6 Å². The molecule has 0 aliphatic carbocycles. The van der Waals surface area contributed by atoms with Crippen LogP contribution >= 0.6 is 11.8 Å². The number of hydrogen-bond acceptors (Lipinski definition) is 7. The third-order valence-corrected chi connectivity index (χ3v) is 6.28. The molecule has 1 atom stereocenters. The van der Waals surface area contributed by atoms with Crippen molar-refractivity contribution >= 4 is 33.5 Å². The van der Waals surface area contributed by atoms with E-state index in [2.05, 4.69) is 4.98 Å². The van der Waals surface area contributed by atoms with Crippen LogP contribution in [0.25, 0.3) is 0 Å². The van der Waals surface area contributed by atoms with Gasteiger partial charge in [0.1, 0.15) is 5.03 Å². The van der Waals surface area contributed by atoms with Crippen molar-refractivity contribution in [2.45, 2.75) is 24.4 Å². The number of nitrogens with zero attached hydrogens (tertiary/aromatic N) is 2. The number of carbonyl (C=O) groups is 2. The molecule has 0 N–H and O–H groups in total. The monoisotopic (exact) mass is 372 g/mol. The Kier molecular flexibility index (Phi) is 6.22. The molecule has 0 bridgehead atoms. The van der Waals surface area contributed by atoms with Crippen molar-refractivity contribution in [2.75, 3.05) is 30.9 Å².